The normalized spacial score (nSPS) is 13.5. The van der Waals surface area contributed by atoms with E-state index in [1.807, 2.05) is 0 Å². The van der Waals surface area contributed by atoms with Crippen molar-refractivity contribution in [3.8, 4) is 0 Å². The third kappa shape index (κ3) is 3.63. The van der Waals surface area contributed by atoms with Gasteiger partial charge in [-0.1, -0.05) is 6.08 Å². The fourth-order valence-electron chi connectivity index (χ4n) is 0.285. The van der Waals surface area contributed by atoms with Crippen LogP contribution >= 0.6 is 15.9 Å². The van der Waals surface area contributed by atoms with Crippen molar-refractivity contribution in [3.63, 3.8) is 0 Å². The van der Waals surface area contributed by atoms with Crippen LogP contribution in [0.15, 0.2) is 12.3 Å². The third-order valence-corrected chi connectivity index (χ3v) is 1.46. The molecule has 1 atom stereocenters. The van der Waals surface area contributed by atoms with E-state index in [2.05, 4.69) is 25.4 Å². The summed E-state index contributed by atoms with van der Waals surface area (Å²) in [4.78, 5) is 10.7. The molecular formula is C6H9BrO3. The quantitative estimate of drug-likeness (QED) is 0.400. The van der Waals surface area contributed by atoms with Crippen LogP contribution in [0.25, 0.3) is 0 Å². The van der Waals surface area contributed by atoms with E-state index >= 15 is 0 Å². The standard InChI is InChI=1S/C6H9BrO3/c1-3-4-10-6(8)5(7)9-2/h3-5H,1-2H3. The average Bonchev–Trinajstić information content (AvgIpc) is 1.98. The summed E-state index contributed by atoms with van der Waals surface area (Å²) in [6.07, 6.45) is 2.92. The van der Waals surface area contributed by atoms with Gasteiger partial charge in [-0.15, -0.1) is 0 Å². The molecule has 0 spiro atoms. The summed E-state index contributed by atoms with van der Waals surface area (Å²) in [5, 5.41) is -0.677. The van der Waals surface area contributed by atoms with Crippen molar-refractivity contribution in [2.24, 2.45) is 0 Å². The summed E-state index contributed by atoms with van der Waals surface area (Å²) in [6, 6.07) is 0. The highest BCUT2D eigenvalue weighted by atomic mass is 79.9. The van der Waals surface area contributed by atoms with E-state index in [1.54, 1.807) is 13.0 Å². The van der Waals surface area contributed by atoms with Crippen molar-refractivity contribution in [2.75, 3.05) is 7.11 Å². The summed E-state index contributed by atoms with van der Waals surface area (Å²) >= 11 is 2.94. The predicted octanol–water partition coefficient (Wildman–Crippen LogP) is 1.43. The minimum absolute atomic E-state index is 0.458. The molecule has 58 valence electrons. The first kappa shape index (κ1) is 9.65. The molecule has 10 heavy (non-hydrogen) atoms. The smallest absolute Gasteiger partial charge is 0.351 e. The van der Waals surface area contributed by atoms with Gasteiger partial charge in [0.05, 0.1) is 6.26 Å². The van der Waals surface area contributed by atoms with Crippen molar-refractivity contribution in [3.05, 3.63) is 12.3 Å². The number of halogens is 1. The van der Waals surface area contributed by atoms with Crippen LogP contribution in [0.4, 0.5) is 0 Å². The Kier molecular flexibility index (Phi) is 5.25. The lowest BCUT2D eigenvalue weighted by molar-refractivity contribution is -0.143. The second-order valence-corrected chi connectivity index (χ2v) is 2.29. The zero-order chi connectivity index (χ0) is 7.98. The van der Waals surface area contributed by atoms with E-state index in [0.29, 0.717) is 0 Å². The van der Waals surface area contributed by atoms with Gasteiger partial charge in [0, 0.05) is 7.11 Å². The lowest BCUT2D eigenvalue weighted by Crippen LogP contribution is -2.16. The second kappa shape index (κ2) is 5.44. The summed E-state index contributed by atoms with van der Waals surface area (Å²) < 4.78 is 9.17. The van der Waals surface area contributed by atoms with Crippen LogP contribution in [-0.4, -0.2) is 18.1 Å². The van der Waals surface area contributed by atoms with Crippen molar-refractivity contribution in [1.29, 1.82) is 0 Å². The number of rotatable bonds is 3. The van der Waals surface area contributed by atoms with Gasteiger partial charge >= 0.3 is 5.97 Å². The van der Waals surface area contributed by atoms with Gasteiger partial charge in [0.15, 0.2) is 0 Å². The fourth-order valence-corrected chi connectivity index (χ4v) is 0.393. The van der Waals surface area contributed by atoms with Crippen LogP contribution in [0.5, 0.6) is 0 Å². The Morgan fingerprint density at radius 1 is 1.70 bits per heavy atom. The average molecular weight is 209 g/mol. The molecule has 0 saturated carbocycles. The van der Waals surface area contributed by atoms with E-state index in [-0.39, 0.29) is 0 Å². The maximum Gasteiger partial charge on any atom is 0.351 e. The Morgan fingerprint density at radius 2 is 2.30 bits per heavy atom. The number of esters is 1. The van der Waals surface area contributed by atoms with Crippen LogP contribution in [0.1, 0.15) is 6.92 Å². The Balaban J connectivity index is 3.62. The van der Waals surface area contributed by atoms with E-state index in [0.717, 1.165) is 0 Å². The number of carbonyl (C=O) groups excluding carboxylic acids is 1. The van der Waals surface area contributed by atoms with Crippen molar-refractivity contribution in [1.82, 2.24) is 0 Å². The molecule has 1 unspecified atom stereocenters. The number of hydrogen-bond donors (Lipinski definition) is 0. The molecule has 0 fully saturated rings. The van der Waals surface area contributed by atoms with Crippen LogP contribution < -0.4 is 0 Å². The Bertz CT molecular complexity index is 133. The number of carbonyl (C=O) groups is 1. The summed E-state index contributed by atoms with van der Waals surface area (Å²) in [7, 11) is 1.41. The SMILES string of the molecule is CC=COC(=O)C(Br)OC. The van der Waals surface area contributed by atoms with E-state index in [9.17, 15) is 4.79 Å². The van der Waals surface area contributed by atoms with Crippen LogP contribution in [0.3, 0.4) is 0 Å². The van der Waals surface area contributed by atoms with Crippen LogP contribution in [-0.2, 0) is 14.3 Å². The molecule has 0 aliphatic rings. The lowest BCUT2D eigenvalue weighted by atomic mass is 10.7. The van der Waals surface area contributed by atoms with Crippen LogP contribution in [0, 0.1) is 0 Å². The largest absolute Gasteiger partial charge is 0.432 e. The molecule has 0 heterocycles. The summed E-state index contributed by atoms with van der Waals surface area (Å²) in [5.74, 6) is -0.458. The molecule has 0 aromatic rings. The molecule has 0 N–H and O–H groups in total. The van der Waals surface area contributed by atoms with Gasteiger partial charge in [0.2, 0.25) is 5.01 Å². The highest BCUT2D eigenvalue weighted by Gasteiger charge is 2.12. The van der Waals surface area contributed by atoms with Gasteiger partial charge in [0.25, 0.3) is 0 Å². The van der Waals surface area contributed by atoms with E-state index < -0.39 is 11.0 Å². The molecule has 0 rings (SSSR count). The number of hydrogen-bond acceptors (Lipinski definition) is 3. The molecule has 0 aliphatic heterocycles. The maximum atomic E-state index is 10.7. The first-order valence-corrected chi connectivity index (χ1v) is 3.62. The van der Waals surface area contributed by atoms with Crippen molar-refractivity contribution in [2.45, 2.75) is 11.9 Å². The highest BCUT2D eigenvalue weighted by molar-refractivity contribution is 9.09. The molecule has 0 amide bonds. The fraction of sp³-hybridized carbons (Fsp3) is 0.500. The molecule has 3 nitrogen and oxygen atoms in total. The lowest BCUT2D eigenvalue weighted by Gasteiger charge is -2.03. The zero-order valence-corrected chi connectivity index (χ0v) is 7.42. The van der Waals surface area contributed by atoms with Crippen LogP contribution in [0.2, 0.25) is 0 Å². The predicted molar refractivity (Wildman–Crippen MR) is 40.6 cm³/mol. The van der Waals surface area contributed by atoms with E-state index in [1.165, 1.54) is 13.4 Å². The van der Waals surface area contributed by atoms with Gasteiger partial charge in [0.1, 0.15) is 0 Å². The monoisotopic (exact) mass is 208 g/mol. The van der Waals surface area contributed by atoms with E-state index in [4.69, 9.17) is 0 Å². The molecule has 4 heteroatoms. The number of alkyl halides is 1. The van der Waals surface area contributed by atoms with Gasteiger partial charge in [-0.25, -0.2) is 4.79 Å². The second-order valence-electron chi connectivity index (χ2n) is 1.46. The zero-order valence-electron chi connectivity index (χ0n) is 5.83. The Labute approximate surface area is 68.1 Å². The highest BCUT2D eigenvalue weighted by Crippen LogP contribution is 2.02. The number of ether oxygens (including phenoxy) is 2. The van der Waals surface area contributed by atoms with Gasteiger partial charge in [-0.3, -0.25) is 0 Å². The van der Waals surface area contributed by atoms with Crippen molar-refractivity contribution >= 4 is 21.9 Å². The number of methoxy groups -OCH3 is 1. The molecule has 0 aromatic heterocycles. The minimum atomic E-state index is -0.677. The molecular weight excluding hydrogens is 200 g/mol. The topological polar surface area (TPSA) is 35.5 Å². The molecule has 0 radical (unpaired) electrons. The molecule has 0 aliphatic carbocycles. The van der Waals surface area contributed by atoms with Gasteiger partial charge in [-0.2, -0.15) is 0 Å². The summed E-state index contributed by atoms with van der Waals surface area (Å²) in [5.41, 5.74) is 0. The van der Waals surface area contributed by atoms with Gasteiger partial charge in [-0.05, 0) is 22.9 Å². The molecule has 0 bridgehead atoms. The maximum absolute atomic E-state index is 10.7. The third-order valence-electron chi connectivity index (χ3n) is 0.713. The first-order valence-electron chi connectivity index (χ1n) is 2.71. The summed E-state index contributed by atoms with van der Waals surface area (Å²) in [6.45, 7) is 1.75. The van der Waals surface area contributed by atoms with Gasteiger partial charge < -0.3 is 9.47 Å². The Hall–Kier alpha value is -0.350. The molecule has 0 aromatic carbocycles. The first-order chi connectivity index (χ1) is 4.72. The minimum Gasteiger partial charge on any atom is -0.432 e. The Morgan fingerprint density at radius 3 is 2.70 bits per heavy atom. The number of allylic oxidation sites excluding steroid dienone is 1. The molecule has 0 saturated heterocycles. The van der Waals surface area contributed by atoms with Crippen molar-refractivity contribution < 1.29 is 14.3 Å².